The Hall–Kier alpha value is -5.17. The highest BCUT2D eigenvalue weighted by Gasteiger charge is 2.32. The van der Waals surface area contributed by atoms with Gasteiger partial charge in [-0.15, -0.1) is 10.2 Å². The third-order valence-electron chi connectivity index (χ3n) is 10.0. The van der Waals surface area contributed by atoms with Crippen molar-refractivity contribution in [3.63, 3.8) is 0 Å². The second-order valence-corrected chi connectivity index (χ2v) is 14.9. The van der Waals surface area contributed by atoms with Gasteiger partial charge in [-0.05, 0) is 81.3 Å². The number of rotatable bonds is 9. The van der Waals surface area contributed by atoms with Crippen LogP contribution in [0.1, 0.15) is 95.7 Å². The maximum Gasteiger partial charge on any atom is 0.320 e. The summed E-state index contributed by atoms with van der Waals surface area (Å²) in [5, 5.41) is 29.1. The van der Waals surface area contributed by atoms with E-state index in [0.717, 1.165) is 47.0 Å². The fourth-order valence-electron chi connectivity index (χ4n) is 7.34. The van der Waals surface area contributed by atoms with E-state index in [9.17, 15) is 14.3 Å². The van der Waals surface area contributed by atoms with E-state index in [0.29, 0.717) is 36.4 Å². The van der Waals surface area contributed by atoms with Crippen LogP contribution in [0, 0.1) is 5.82 Å². The number of pyridine rings is 1. The Bertz CT molecular complexity index is 2050. The van der Waals surface area contributed by atoms with E-state index < -0.39 is 11.8 Å². The van der Waals surface area contributed by atoms with E-state index in [2.05, 4.69) is 45.6 Å². The van der Waals surface area contributed by atoms with Crippen LogP contribution in [0.4, 0.5) is 21.0 Å². The van der Waals surface area contributed by atoms with Crippen molar-refractivity contribution >= 4 is 23.4 Å². The molecule has 52 heavy (non-hydrogen) atoms. The largest absolute Gasteiger partial charge is 0.488 e. The van der Waals surface area contributed by atoms with E-state index >= 15 is 0 Å². The molecule has 1 aliphatic carbocycles. The van der Waals surface area contributed by atoms with E-state index in [4.69, 9.17) is 14.6 Å². The van der Waals surface area contributed by atoms with Crippen molar-refractivity contribution in [2.24, 2.45) is 0 Å². The Morgan fingerprint density at radius 1 is 0.981 bits per heavy atom. The molecule has 4 heterocycles. The maximum atomic E-state index is 14.5. The highest BCUT2D eigenvalue weighted by molar-refractivity contribution is 5.89. The minimum absolute atomic E-state index is 0.0152. The van der Waals surface area contributed by atoms with Crippen molar-refractivity contribution in [1.29, 1.82) is 0 Å². The second kappa shape index (κ2) is 14.5. The molecule has 2 aromatic carbocycles. The quantitative estimate of drug-likeness (QED) is 0.146. The Kier molecular flexibility index (Phi) is 9.80. The van der Waals surface area contributed by atoms with Gasteiger partial charge in [-0.1, -0.05) is 45.0 Å². The molecule has 0 unspecified atom stereocenters. The lowest BCUT2D eigenvalue weighted by molar-refractivity contribution is 0.171. The lowest BCUT2D eigenvalue weighted by atomic mass is 9.85. The normalized spacial score (nSPS) is 20.4. The average Bonchev–Trinajstić information content (AvgIpc) is 3.73. The number of aliphatic hydroxyl groups is 1. The predicted octanol–water partition coefficient (Wildman–Crippen LogP) is 7.27. The first-order valence-corrected chi connectivity index (χ1v) is 18.1. The van der Waals surface area contributed by atoms with Crippen LogP contribution in [0.2, 0.25) is 0 Å². The van der Waals surface area contributed by atoms with E-state index in [1.165, 1.54) is 18.6 Å². The van der Waals surface area contributed by atoms with Gasteiger partial charge in [-0.3, -0.25) is 9.72 Å². The van der Waals surface area contributed by atoms with Gasteiger partial charge in [0.1, 0.15) is 24.3 Å². The van der Waals surface area contributed by atoms with Crippen molar-refractivity contribution < 1.29 is 23.8 Å². The summed E-state index contributed by atoms with van der Waals surface area (Å²) >= 11 is 0. The number of urea groups is 1. The molecule has 12 nitrogen and oxygen atoms in total. The molecule has 5 aromatic rings. The first-order chi connectivity index (χ1) is 25.0. The fraction of sp³-hybridized carbons (Fsp3) is 0.436. The molecule has 1 fully saturated rings. The lowest BCUT2D eigenvalue weighted by Gasteiger charge is -2.39. The number of hydrogen-bond acceptors (Lipinski definition) is 8. The third-order valence-corrected chi connectivity index (χ3v) is 10.0. The molecule has 13 heteroatoms. The minimum Gasteiger partial charge on any atom is -0.488 e. The number of nitrogens with one attached hydrogen (secondary N) is 2. The molecule has 1 saturated heterocycles. The van der Waals surface area contributed by atoms with Crippen LogP contribution in [-0.2, 0) is 5.41 Å². The standard InChI is InChI=1S/C39H47FN8O4/c1-24-9-8-10-25(2)47(24)38-44-43-35-18-14-27(23-46(35)38)52-32-17-16-31(28-11-6-7-12-29(28)32)41-37(50)42-36-22-34(39(3,4)5)45-48(36)26-13-15-30(40)33(21-26)51-20-19-49/h6-7,11-15,18,21-25,31-32,49H,8-10,16-17,19-20H2,1-5H3,(H2,41,42,50)/t24-,25+,31-,32+/m0/s1. The molecule has 7 rings (SSSR count). The molecule has 2 amide bonds. The molecule has 0 bridgehead atoms. The zero-order chi connectivity index (χ0) is 36.6. The number of aromatic nitrogens is 5. The summed E-state index contributed by atoms with van der Waals surface area (Å²) in [4.78, 5) is 16.0. The van der Waals surface area contributed by atoms with Crippen LogP contribution in [0.5, 0.6) is 11.5 Å². The van der Waals surface area contributed by atoms with Crippen LogP contribution in [0.25, 0.3) is 11.3 Å². The lowest BCUT2D eigenvalue weighted by Crippen LogP contribution is -2.44. The summed E-state index contributed by atoms with van der Waals surface area (Å²) in [5.74, 6) is 1.41. The summed E-state index contributed by atoms with van der Waals surface area (Å²) in [6, 6.07) is 18.2. The number of aliphatic hydroxyl groups excluding tert-OH is 1. The number of carbonyl (C=O) groups is 1. The highest BCUT2D eigenvalue weighted by atomic mass is 19.1. The van der Waals surface area contributed by atoms with E-state index in [1.54, 1.807) is 10.7 Å². The number of fused-ring (bicyclic) bond motifs is 2. The van der Waals surface area contributed by atoms with Gasteiger partial charge in [-0.2, -0.15) is 5.10 Å². The summed E-state index contributed by atoms with van der Waals surface area (Å²) in [6.45, 7) is 10.3. The number of ether oxygens (including phenoxy) is 2. The number of hydrogen-bond donors (Lipinski definition) is 3. The maximum absolute atomic E-state index is 14.5. The average molecular weight is 711 g/mol. The number of piperidine rings is 1. The Morgan fingerprint density at radius 2 is 1.75 bits per heavy atom. The summed E-state index contributed by atoms with van der Waals surface area (Å²) in [6.07, 6.45) is 6.59. The van der Waals surface area contributed by atoms with Gasteiger partial charge in [0.25, 0.3) is 0 Å². The first kappa shape index (κ1) is 35.2. The summed E-state index contributed by atoms with van der Waals surface area (Å²) in [5.41, 5.74) is 3.70. The van der Waals surface area contributed by atoms with Crippen molar-refractivity contribution in [3.8, 4) is 17.2 Å². The van der Waals surface area contributed by atoms with Gasteiger partial charge in [-0.25, -0.2) is 13.9 Å². The zero-order valence-electron chi connectivity index (χ0n) is 30.3. The van der Waals surface area contributed by atoms with Crippen LogP contribution < -0.4 is 25.0 Å². The zero-order valence-corrected chi connectivity index (χ0v) is 30.3. The second-order valence-electron chi connectivity index (χ2n) is 14.9. The predicted molar refractivity (Wildman–Crippen MR) is 197 cm³/mol. The van der Waals surface area contributed by atoms with Crippen LogP contribution >= 0.6 is 0 Å². The molecule has 0 radical (unpaired) electrons. The number of benzene rings is 2. The van der Waals surface area contributed by atoms with Gasteiger partial charge < -0.3 is 24.8 Å². The number of amides is 2. The number of anilines is 2. The Morgan fingerprint density at radius 3 is 2.50 bits per heavy atom. The van der Waals surface area contributed by atoms with Crippen LogP contribution in [-0.4, -0.2) is 60.8 Å². The van der Waals surface area contributed by atoms with Gasteiger partial charge in [0.2, 0.25) is 5.95 Å². The number of nitrogens with zero attached hydrogens (tertiary/aromatic N) is 6. The van der Waals surface area contributed by atoms with Crippen molar-refractivity contribution in [3.05, 3.63) is 89.5 Å². The summed E-state index contributed by atoms with van der Waals surface area (Å²) < 4.78 is 30.1. The monoisotopic (exact) mass is 710 g/mol. The number of halogens is 1. The van der Waals surface area contributed by atoms with Gasteiger partial charge >= 0.3 is 6.03 Å². The van der Waals surface area contributed by atoms with Crippen molar-refractivity contribution in [2.75, 3.05) is 23.4 Å². The Labute approximate surface area is 303 Å². The molecule has 0 saturated carbocycles. The molecule has 2 aliphatic rings. The smallest absolute Gasteiger partial charge is 0.320 e. The van der Waals surface area contributed by atoms with Gasteiger partial charge in [0.15, 0.2) is 17.2 Å². The van der Waals surface area contributed by atoms with Crippen LogP contribution in [0.3, 0.4) is 0 Å². The molecule has 3 aromatic heterocycles. The molecule has 274 valence electrons. The topological polar surface area (TPSA) is 131 Å². The van der Waals surface area contributed by atoms with Gasteiger partial charge in [0.05, 0.1) is 30.2 Å². The molecule has 3 N–H and O–H groups in total. The fourth-order valence-corrected chi connectivity index (χ4v) is 7.34. The van der Waals surface area contributed by atoms with Crippen molar-refractivity contribution in [1.82, 2.24) is 29.7 Å². The molecule has 1 aliphatic heterocycles. The first-order valence-electron chi connectivity index (χ1n) is 18.1. The van der Waals surface area contributed by atoms with E-state index in [1.807, 2.05) is 67.8 Å². The molecule has 4 atom stereocenters. The number of carbonyl (C=O) groups excluding carboxylic acids is 1. The SMILES string of the molecule is C[C@@H]1CCC[C@H](C)N1c1nnc2ccc(O[C@@H]3CC[C@H](NC(=O)Nc4cc(C(C)(C)C)nn4-c4ccc(F)c(OCCO)c4)c4ccccc43)cn12. The highest BCUT2D eigenvalue weighted by Crippen LogP contribution is 2.39. The van der Waals surface area contributed by atoms with Gasteiger partial charge in [0, 0.05) is 29.6 Å². The molecular formula is C39H47FN8O4. The summed E-state index contributed by atoms with van der Waals surface area (Å²) in [7, 11) is 0. The van der Waals surface area contributed by atoms with E-state index in [-0.39, 0.29) is 36.5 Å². The van der Waals surface area contributed by atoms with Crippen LogP contribution in [0.15, 0.2) is 66.9 Å². The minimum atomic E-state index is -0.559. The Balaban J connectivity index is 1.09. The van der Waals surface area contributed by atoms with Crippen molar-refractivity contribution in [2.45, 2.75) is 96.4 Å². The molecular weight excluding hydrogens is 663 g/mol. The molecule has 0 spiro atoms. The third kappa shape index (κ3) is 7.14.